The molecule has 0 aliphatic carbocycles. The van der Waals surface area contributed by atoms with Gasteiger partial charge in [0.25, 0.3) is 0 Å². The first-order valence-electron chi connectivity index (χ1n) is 10.5. The van der Waals surface area contributed by atoms with Gasteiger partial charge >= 0.3 is 0 Å². The molecule has 29 heavy (non-hydrogen) atoms. The molecule has 4 rings (SSSR count). The number of amides is 1. The van der Waals surface area contributed by atoms with Crippen LogP contribution in [0.5, 0.6) is 0 Å². The van der Waals surface area contributed by atoms with Crippen molar-refractivity contribution in [2.75, 3.05) is 50.7 Å². The van der Waals surface area contributed by atoms with Crippen molar-refractivity contribution < 1.29 is 9.90 Å². The van der Waals surface area contributed by atoms with Crippen LogP contribution in [0.3, 0.4) is 0 Å². The third kappa shape index (κ3) is 4.95. The monoisotopic (exact) mass is 394 g/mol. The molecule has 6 heteroatoms. The number of carbonyl (C=O) groups is 1. The molecular formula is C23H30N4O2. The Bertz CT molecular complexity index is 821. The summed E-state index contributed by atoms with van der Waals surface area (Å²) in [6.07, 6.45) is 3.87. The van der Waals surface area contributed by atoms with Crippen LogP contribution in [0.2, 0.25) is 0 Å². The van der Waals surface area contributed by atoms with Gasteiger partial charge < -0.3 is 14.9 Å². The predicted octanol–water partition coefficient (Wildman–Crippen LogP) is 1.57. The number of β-amino-alcohol motifs (C(OH)–C–C–N with tert-alkyl or cyclic N) is 1. The van der Waals surface area contributed by atoms with Gasteiger partial charge in [0.2, 0.25) is 5.91 Å². The van der Waals surface area contributed by atoms with Gasteiger partial charge in [-0.25, -0.2) is 0 Å². The minimum Gasteiger partial charge on any atom is -0.391 e. The number of piperazine rings is 1. The lowest BCUT2D eigenvalue weighted by atomic mass is 9.97. The van der Waals surface area contributed by atoms with E-state index in [1.165, 1.54) is 11.3 Å². The van der Waals surface area contributed by atoms with Gasteiger partial charge in [-0.15, -0.1) is 0 Å². The number of rotatable bonds is 5. The summed E-state index contributed by atoms with van der Waals surface area (Å²) >= 11 is 0. The summed E-state index contributed by atoms with van der Waals surface area (Å²) in [5.74, 6) is 0.227. The lowest BCUT2D eigenvalue weighted by Gasteiger charge is -2.36. The molecule has 0 bridgehead atoms. The number of benzene rings is 1. The molecular weight excluding hydrogens is 364 g/mol. The fourth-order valence-corrected chi connectivity index (χ4v) is 4.36. The van der Waals surface area contributed by atoms with Crippen molar-refractivity contribution in [1.29, 1.82) is 0 Å². The fraction of sp³-hybridized carbons (Fsp3) is 0.478. The Morgan fingerprint density at radius 1 is 1.10 bits per heavy atom. The molecule has 6 nitrogen and oxygen atoms in total. The second-order valence-corrected chi connectivity index (χ2v) is 8.29. The second kappa shape index (κ2) is 8.93. The zero-order valence-electron chi connectivity index (χ0n) is 17.1. The molecule has 0 saturated carbocycles. The Balaban J connectivity index is 1.26. The number of nitrogens with zero attached hydrogens (tertiary/aromatic N) is 4. The van der Waals surface area contributed by atoms with Crippen LogP contribution in [0.25, 0.3) is 0 Å². The van der Waals surface area contributed by atoms with E-state index >= 15 is 0 Å². The van der Waals surface area contributed by atoms with Crippen LogP contribution in [0.4, 0.5) is 5.69 Å². The molecule has 2 fully saturated rings. The quantitative estimate of drug-likeness (QED) is 0.834. The maximum atomic E-state index is 12.8. The summed E-state index contributed by atoms with van der Waals surface area (Å²) in [6, 6.07) is 12.5. The van der Waals surface area contributed by atoms with Gasteiger partial charge in [0.1, 0.15) is 0 Å². The number of hydrogen-bond acceptors (Lipinski definition) is 5. The first-order valence-corrected chi connectivity index (χ1v) is 10.5. The summed E-state index contributed by atoms with van der Waals surface area (Å²) < 4.78 is 0. The number of aromatic nitrogens is 1. The molecule has 3 heterocycles. The highest BCUT2D eigenvalue weighted by molar-refractivity contribution is 5.78. The molecule has 1 amide bonds. The van der Waals surface area contributed by atoms with E-state index in [4.69, 9.17) is 0 Å². The molecule has 2 aliphatic heterocycles. The number of hydrogen-bond donors (Lipinski definition) is 1. The van der Waals surface area contributed by atoms with E-state index in [0.717, 1.165) is 38.2 Å². The minimum atomic E-state index is -0.453. The minimum absolute atomic E-state index is 0.0968. The number of aliphatic hydroxyl groups is 1. The van der Waals surface area contributed by atoms with E-state index in [0.29, 0.717) is 19.6 Å². The maximum absolute atomic E-state index is 12.8. The molecule has 1 aromatic heterocycles. The zero-order chi connectivity index (χ0) is 20.2. The normalized spacial score (nSPS) is 22.8. The summed E-state index contributed by atoms with van der Waals surface area (Å²) in [5, 5.41) is 10.4. The van der Waals surface area contributed by atoms with Crippen molar-refractivity contribution in [3.63, 3.8) is 0 Å². The molecule has 1 N–H and O–H groups in total. The van der Waals surface area contributed by atoms with Gasteiger partial charge in [0.15, 0.2) is 0 Å². The molecule has 2 saturated heterocycles. The highest BCUT2D eigenvalue weighted by Crippen LogP contribution is 2.22. The van der Waals surface area contributed by atoms with Gasteiger partial charge in [-0.3, -0.25) is 14.7 Å². The van der Waals surface area contributed by atoms with Crippen molar-refractivity contribution >= 4 is 11.6 Å². The number of carbonyl (C=O) groups excluding carboxylic acids is 1. The van der Waals surface area contributed by atoms with Gasteiger partial charge in [0.05, 0.1) is 12.6 Å². The molecule has 154 valence electrons. The van der Waals surface area contributed by atoms with Crippen LogP contribution in [0, 0.1) is 12.8 Å². The van der Waals surface area contributed by atoms with Gasteiger partial charge in [-0.2, -0.15) is 0 Å². The highest BCUT2D eigenvalue weighted by atomic mass is 16.3. The van der Waals surface area contributed by atoms with Crippen LogP contribution < -0.4 is 4.90 Å². The van der Waals surface area contributed by atoms with E-state index in [2.05, 4.69) is 46.0 Å². The van der Waals surface area contributed by atoms with E-state index in [-0.39, 0.29) is 11.8 Å². The van der Waals surface area contributed by atoms with E-state index in [1.807, 2.05) is 17.0 Å². The lowest BCUT2D eigenvalue weighted by molar-refractivity contribution is -0.131. The third-order valence-electron chi connectivity index (χ3n) is 6.10. The average molecular weight is 395 g/mol. The van der Waals surface area contributed by atoms with Crippen LogP contribution in [-0.2, 0) is 11.2 Å². The van der Waals surface area contributed by atoms with Crippen LogP contribution in [0.1, 0.15) is 11.1 Å². The topological polar surface area (TPSA) is 59.9 Å². The second-order valence-electron chi connectivity index (χ2n) is 8.29. The standard InChI is InChI=1S/C23H30N4O2/c1-18-3-2-4-21(13-18)26-11-9-25(10-12-26)17-23(29)27-15-20(22(28)16-27)14-19-5-7-24-8-6-19/h2-8,13,20,22,28H,9-12,14-17H2,1H3. The van der Waals surface area contributed by atoms with Crippen molar-refractivity contribution in [3.8, 4) is 0 Å². The summed E-state index contributed by atoms with van der Waals surface area (Å²) in [4.78, 5) is 23.3. The van der Waals surface area contributed by atoms with Crippen LogP contribution in [-0.4, -0.2) is 77.7 Å². The van der Waals surface area contributed by atoms with Crippen molar-refractivity contribution in [1.82, 2.24) is 14.8 Å². The molecule has 2 aliphatic rings. The summed E-state index contributed by atoms with van der Waals surface area (Å²) in [6.45, 7) is 7.27. The highest BCUT2D eigenvalue weighted by Gasteiger charge is 2.34. The first kappa shape index (κ1) is 19.9. The summed E-state index contributed by atoms with van der Waals surface area (Å²) in [5.41, 5.74) is 3.69. The van der Waals surface area contributed by atoms with Crippen molar-refractivity contribution in [2.45, 2.75) is 19.4 Å². The van der Waals surface area contributed by atoms with Crippen LogP contribution in [0.15, 0.2) is 48.8 Å². The van der Waals surface area contributed by atoms with E-state index in [1.54, 1.807) is 12.4 Å². The fourth-order valence-electron chi connectivity index (χ4n) is 4.36. The van der Waals surface area contributed by atoms with Gasteiger partial charge in [-0.1, -0.05) is 12.1 Å². The maximum Gasteiger partial charge on any atom is 0.236 e. The largest absolute Gasteiger partial charge is 0.391 e. The Morgan fingerprint density at radius 2 is 1.86 bits per heavy atom. The average Bonchev–Trinajstić information content (AvgIpc) is 3.10. The Morgan fingerprint density at radius 3 is 2.59 bits per heavy atom. The number of anilines is 1. The molecule has 2 aromatic rings. The third-order valence-corrected chi connectivity index (χ3v) is 6.10. The molecule has 1 aromatic carbocycles. The lowest BCUT2D eigenvalue weighted by Crippen LogP contribution is -2.50. The Kier molecular flexibility index (Phi) is 6.11. The molecule has 2 atom stereocenters. The number of likely N-dealkylation sites (tertiary alicyclic amines) is 1. The van der Waals surface area contributed by atoms with Gasteiger partial charge in [0, 0.05) is 63.3 Å². The number of aryl methyl sites for hydroxylation is 1. The predicted molar refractivity (Wildman–Crippen MR) is 114 cm³/mol. The van der Waals surface area contributed by atoms with Crippen molar-refractivity contribution in [2.24, 2.45) is 5.92 Å². The number of pyridine rings is 1. The summed E-state index contributed by atoms with van der Waals surface area (Å²) in [7, 11) is 0. The van der Waals surface area contributed by atoms with E-state index in [9.17, 15) is 9.90 Å². The molecule has 2 unspecified atom stereocenters. The van der Waals surface area contributed by atoms with Crippen molar-refractivity contribution in [3.05, 3.63) is 59.9 Å². The van der Waals surface area contributed by atoms with Gasteiger partial charge in [-0.05, 0) is 48.7 Å². The zero-order valence-corrected chi connectivity index (χ0v) is 17.1. The smallest absolute Gasteiger partial charge is 0.236 e. The van der Waals surface area contributed by atoms with E-state index < -0.39 is 6.10 Å². The number of aliphatic hydroxyl groups excluding tert-OH is 1. The molecule has 0 spiro atoms. The Hall–Kier alpha value is -2.44. The Labute approximate surface area is 172 Å². The SMILES string of the molecule is Cc1cccc(N2CCN(CC(=O)N3CC(O)C(Cc4ccncc4)C3)CC2)c1. The van der Waals surface area contributed by atoms with Crippen LogP contribution >= 0.6 is 0 Å². The molecule has 0 radical (unpaired) electrons. The first-order chi connectivity index (χ1) is 14.1.